The van der Waals surface area contributed by atoms with E-state index in [0.717, 1.165) is 19.4 Å². The number of hydrogen-bond acceptors (Lipinski definition) is 3. The number of benzene rings is 1. The molecule has 1 fully saturated rings. The Labute approximate surface area is 118 Å². The smallest absolute Gasteiger partial charge is 0.316 e. The fourth-order valence-electron chi connectivity index (χ4n) is 2.32. The Morgan fingerprint density at radius 1 is 1.20 bits per heavy atom. The molecule has 1 saturated heterocycles. The van der Waals surface area contributed by atoms with Gasteiger partial charge in [0, 0.05) is 11.4 Å². The Balaban J connectivity index is 1.92. The lowest BCUT2D eigenvalue weighted by Gasteiger charge is -2.27. The molecule has 2 unspecified atom stereocenters. The molecule has 0 aliphatic carbocycles. The standard InChI is InChI=1S/C14H20N4O2/c1-9-6-7-16-12(8-9)13(19)17-10-2-4-11(5-3-10)18-14(15)20/h2-5,9,12,16H,6-8H2,1H3,(H,17,19)(H3,15,18,20). The Morgan fingerprint density at radius 2 is 1.80 bits per heavy atom. The lowest BCUT2D eigenvalue weighted by Crippen LogP contribution is -2.45. The maximum absolute atomic E-state index is 12.1. The van der Waals surface area contributed by atoms with Gasteiger partial charge in [-0.05, 0) is 49.6 Å². The SMILES string of the molecule is CC1CCNC(C(=O)Nc2ccc(NC(N)=O)cc2)C1. The van der Waals surface area contributed by atoms with E-state index < -0.39 is 6.03 Å². The van der Waals surface area contributed by atoms with Crippen LogP contribution in [0.3, 0.4) is 0 Å². The van der Waals surface area contributed by atoms with Gasteiger partial charge in [0.05, 0.1) is 6.04 Å². The van der Waals surface area contributed by atoms with E-state index in [9.17, 15) is 9.59 Å². The zero-order chi connectivity index (χ0) is 14.5. The van der Waals surface area contributed by atoms with Crippen molar-refractivity contribution in [2.75, 3.05) is 17.2 Å². The maximum Gasteiger partial charge on any atom is 0.316 e. The van der Waals surface area contributed by atoms with Crippen LogP contribution < -0.4 is 21.7 Å². The van der Waals surface area contributed by atoms with Crippen LogP contribution in [0.25, 0.3) is 0 Å². The summed E-state index contributed by atoms with van der Waals surface area (Å²) < 4.78 is 0. The highest BCUT2D eigenvalue weighted by Crippen LogP contribution is 2.18. The first kappa shape index (κ1) is 14.3. The maximum atomic E-state index is 12.1. The van der Waals surface area contributed by atoms with Crippen LogP contribution in [0, 0.1) is 5.92 Å². The normalized spacial score (nSPS) is 22.1. The van der Waals surface area contributed by atoms with Gasteiger partial charge in [0.1, 0.15) is 0 Å². The molecular formula is C14H20N4O2. The molecule has 0 saturated carbocycles. The summed E-state index contributed by atoms with van der Waals surface area (Å²) in [7, 11) is 0. The highest BCUT2D eigenvalue weighted by molar-refractivity contribution is 5.95. The predicted octanol–water partition coefficient (Wildman–Crippen LogP) is 1.50. The van der Waals surface area contributed by atoms with Gasteiger partial charge in [-0.1, -0.05) is 6.92 Å². The second-order valence-corrected chi connectivity index (χ2v) is 5.19. The zero-order valence-corrected chi connectivity index (χ0v) is 11.5. The van der Waals surface area contributed by atoms with Crippen LogP contribution in [0.1, 0.15) is 19.8 Å². The Kier molecular flexibility index (Phi) is 4.57. The number of piperidine rings is 1. The molecule has 2 atom stereocenters. The number of urea groups is 1. The average Bonchev–Trinajstić information content (AvgIpc) is 2.40. The van der Waals surface area contributed by atoms with Crippen molar-refractivity contribution in [2.45, 2.75) is 25.8 Å². The van der Waals surface area contributed by atoms with E-state index in [0.29, 0.717) is 17.3 Å². The monoisotopic (exact) mass is 276 g/mol. The van der Waals surface area contributed by atoms with Crippen LogP contribution in [-0.4, -0.2) is 24.5 Å². The summed E-state index contributed by atoms with van der Waals surface area (Å²) in [6, 6.07) is 6.10. The summed E-state index contributed by atoms with van der Waals surface area (Å²) in [5.74, 6) is 0.543. The summed E-state index contributed by atoms with van der Waals surface area (Å²) in [6.07, 6.45) is 1.96. The minimum atomic E-state index is -0.609. The largest absolute Gasteiger partial charge is 0.351 e. The molecule has 0 aromatic heterocycles. The van der Waals surface area contributed by atoms with Crippen molar-refractivity contribution >= 4 is 23.3 Å². The molecule has 1 aromatic rings. The lowest BCUT2D eigenvalue weighted by molar-refractivity contribution is -0.119. The highest BCUT2D eigenvalue weighted by Gasteiger charge is 2.24. The van der Waals surface area contributed by atoms with Gasteiger partial charge < -0.3 is 21.7 Å². The number of carbonyl (C=O) groups excluding carboxylic acids is 2. The molecule has 20 heavy (non-hydrogen) atoms. The number of nitrogens with two attached hydrogens (primary N) is 1. The van der Waals surface area contributed by atoms with Crippen LogP contribution in [0.4, 0.5) is 16.2 Å². The number of rotatable bonds is 3. The molecule has 0 spiro atoms. The van der Waals surface area contributed by atoms with Gasteiger partial charge in [-0.3, -0.25) is 4.79 Å². The Bertz CT molecular complexity index is 486. The molecule has 1 aliphatic rings. The number of hydrogen-bond donors (Lipinski definition) is 4. The Hall–Kier alpha value is -2.08. The predicted molar refractivity (Wildman–Crippen MR) is 78.5 cm³/mol. The fourth-order valence-corrected chi connectivity index (χ4v) is 2.32. The molecule has 1 aromatic carbocycles. The third-order valence-electron chi connectivity index (χ3n) is 3.40. The number of primary amides is 1. The topological polar surface area (TPSA) is 96.2 Å². The van der Waals surface area contributed by atoms with E-state index in [4.69, 9.17) is 5.73 Å². The highest BCUT2D eigenvalue weighted by atomic mass is 16.2. The van der Waals surface area contributed by atoms with Crippen molar-refractivity contribution in [3.8, 4) is 0 Å². The van der Waals surface area contributed by atoms with Crippen molar-refractivity contribution in [1.82, 2.24) is 5.32 Å². The van der Waals surface area contributed by atoms with Crippen LogP contribution in [0.2, 0.25) is 0 Å². The molecule has 6 nitrogen and oxygen atoms in total. The molecule has 3 amide bonds. The number of nitrogens with one attached hydrogen (secondary N) is 3. The quantitative estimate of drug-likeness (QED) is 0.673. The summed E-state index contributed by atoms with van der Waals surface area (Å²) in [5, 5.41) is 8.56. The molecule has 1 aliphatic heterocycles. The summed E-state index contributed by atoms with van der Waals surface area (Å²) in [6.45, 7) is 3.03. The number of carbonyl (C=O) groups is 2. The van der Waals surface area contributed by atoms with Crippen molar-refractivity contribution in [3.63, 3.8) is 0 Å². The number of anilines is 2. The second-order valence-electron chi connectivity index (χ2n) is 5.19. The minimum Gasteiger partial charge on any atom is -0.351 e. The minimum absolute atomic E-state index is 0.0211. The van der Waals surface area contributed by atoms with Crippen LogP contribution in [0.15, 0.2) is 24.3 Å². The van der Waals surface area contributed by atoms with Crippen LogP contribution in [-0.2, 0) is 4.79 Å². The first-order valence-corrected chi connectivity index (χ1v) is 6.75. The van der Waals surface area contributed by atoms with Crippen LogP contribution in [0.5, 0.6) is 0 Å². The molecule has 2 rings (SSSR count). The van der Waals surface area contributed by atoms with Crippen molar-refractivity contribution in [1.29, 1.82) is 0 Å². The van der Waals surface area contributed by atoms with Gasteiger partial charge in [-0.25, -0.2) is 4.79 Å². The molecule has 0 radical (unpaired) electrons. The third-order valence-corrected chi connectivity index (χ3v) is 3.40. The van der Waals surface area contributed by atoms with E-state index >= 15 is 0 Å². The molecule has 108 valence electrons. The molecule has 1 heterocycles. The molecular weight excluding hydrogens is 256 g/mol. The molecule has 0 bridgehead atoms. The van der Waals surface area contributed by atoms with E-state index in [2.05, 4.69) is 22.9 Å². The lowest BCUT2D eigenvalue weighted by atomic mass is 9.94. The average molecular weight is 276 g/mol. The van der Waals surface area contributed by atoms with Gasteiger partial charge in [0.25, 0.3) is 0 Å². The van der Waals surface area contributed by atoms with E-state index in [1.54, 1.807) is 24.3 Å². The fraction of sp³-hybridized carbons (Fsp3) is 0.429. The molecule has 6 heteroatoms. The van der Waals surface area contributed by atoms with E-state index in [1.165, 1.54) is 0 Å². The Morgan fingerprint density at radius 3 is 2.35 bits per heavy atom. The zero-order valence-electron chi connectivity index (χ0n) is 11.5. The van der Waals surface area contributed by atoms with Crippen LogP contribution >= 0.6 is 0 Å². The number of amides is 3. The van der Waals surface area contributed by atoms with Gasteiger partial charge in [0.15, 0.2) is 0 Å². The summed E-state index contributed by atoms with van der Waals surface area (Å²) in [5.41, 5.74) is 6.32. The molecule has 5 N–H and O–H groups in total. The summed E-state index contributed by atoms with van der Waals surface area (Å²) >= 11 is 0. The van der Waals surface area contributed by atoms with Gasteiger partial charge in [0.2, 0.25) is 5.91 Å². The summed E-state index contributed by atoms with van der Waals surface area (Å²) in [4.78, 5) is 22.8. The van der Waals surface area contributed by atoms with Gasteiger partial charge in [-0.15, -0.1) is 0 Å². The van der Waals surface area contributed by atoms with E-state index in [-0.39, 0.29) is 11.9 Å². The first-order chi connectivity index (χ1) is 9.54. The van der Waals surface area contributed by atoms with Crippen molar-refractivity contribution in [3.05, 3.63) is 24.3 Å². The first-order valence-electron chi connectivity index (χ1n) is 6.75. The van der Waals surface area contributed by atoms with Crippen molar-refractivity contribution in [2.24, 2.45) is 11.7 Å². The third kappa shape index (κ3) is 3.96. The van der Waals surface area contributed by atoms with Gasteiger partial charge in [-0.2, -0.15) is 0 Å². The van der Waals surface area contributed by atoms with Gasteiger partial charge >= 0.3 is 6.03 Å². The second kappa shape index (κ2) is 6.38. The van der Waals surface area contributed by atoms with Crippen molar-refractivity contribution < 1.29 is 9.59 Å². The van der Waals surface area contributed by atoms with E-state index in [1.807, 2.05) is 0 Å².